The minimum Gasteiger partial charge on any atom is -0.486 e. The molecule has 0 spiro atoms. The zero-order valence-corrected chi connectivity index (χ0v) is 20.9. The molecule has 3 aromatic rings. The van der Waals surface area contributed by atoms with E-state index in [0.717, 1.165) is 29.7 Å². The van der Waals surface area contributed by atoms with Gasteiger partial charge in [0.15, 0.2) is 16.7 Å². The van der Waals surface area contributed by atoms with Crippen molar-refractivity contribution in [2.24, 2.45) is 5.92 Å². The molecule has 0 aliphatic carbocycles. The fraction of sp³-hybridized carbons (Fsp3) is 0.440. The van der Waals surface area contributed by atoms with Crippen LogP contribution < -0.4 is 4.74 Å². The fourth-order valence-corrected chi connectivity index (χ4v) is 4.63. The van der Waals surface area contributed by atoms with Crippen molar-refractivity contribution in [3.63, 3.8) is 0 Å². The Balaban J connectivity index is 1.32. The Labute approximate surface area is 209 Å². The molecule has 0 bridgehead atoms. The Bertz CT molecular complexity index is 1090. The summed E-state index contributed by atoms with van der Waals surface area (Å²) in [5.41, 5.74) is 0. The quantitative estimate of drug-likeness (QED) is 0.395. The standard InChI is InChI=1S/C25H31N5O4S/c1-19(2)10-11-30-22(17-34-20-7-4-3-5-8-20)26-27-25(30)35-18-23(31)28-12-14-29(15-13-28)24(32)21-9-6-16-33-21/h3-9,16,19H,10-15,17-18H2,1-2H3. The maximum absolute atomic E-state index is 12.9. The third kappa shape index (κ3) is 6.66. The lowest BCUT2D eigenvalue weighted by Crippen LogP contribution is -2.51. The number of piperazine rings is 1. The van der Waals surface area contributed by atoms with Crippen LogP contribution in [0, 0.1) is 5.92 Å². The van der Waals surface area contributed by atoms with Gasteiger partial charge in [0.2, 0.25) is 5.91 Å². The molecule has 4 rings (SSSR count). The largest absolute Gasteiger partial charge is 0.486 e. The molecule has 2 aromatic heterocycles. The average molecular weight is 498 g/mol. The van der Waals surface area contributed by atoms with Crippen molar-refractivity contribution >= 4 is 23.6 Å². The highest BCUT2D eigenvalue weighted by molar-refractivity contribution is 7.99. The number of benzene rings is 1. The van der Waals surface area contributed by atoms with Gasteiger partial charge in [0, 0.05) is 32.7 Å². The number of aromatic nitrogens is 3. The normalized spacial score (nSPS) is 13.9. The van der Waals surface area contributed by atoms with Crippen molar-refractivity contribution in [3.05, 3.63) is 60.3 Å². The molecule has 186 valence electrons. The van der Waals surface area contributed by atoms with Crippen molar-refractivity contribution in [1.29, 1.82) is 0 Å². The van der Waals surface area contributed by atoms with E-state index in [4.69, 9.17) is 9.15 Å². The van der Waals surface area contributed by atoms with E-state index in [1.165, 1.54) is 18.0 Å². The molecule has 0 saturated carbocycles. The lowest BCUT2D eigenvalue weighted by Gasteiger charge is -2.34. The maximum Gasteiger partial charge on any atom is 0.289 e. The van der Waals surface area contributed by atoms with Crippen LogP contribution in [0.5, 0.6) is 5.75 Å². The number of hydrogen-bond donors (Lipinski definition) is 0. The van der Waals surface area contributed by atoms with Gasteiger partial charge in [0.05, 0.1) is 12.0 Å². The molecule has 0 unspecified atom stereocenters. The second kappa shape index (κ2) is 11.9. The van der Waals surface area contributed by atoms with Crippen molar-refractivity contribution < 1.29 is 18.7 Å². The van der Waals surface area contributed by atoms with Crippen LogP contribution in [-0.4, -0.2) is 68.3 Å². The van der Waals surface area contributed by atoms with Crippen molar-refractivity contribution in [3.8, 4) is 5.75 Å². The summed E-state index contributed by atoms with van der Waals surface area (Å²) >= 11 is 1.40. The molecule has 0 radical (unpaired) electrons. The molecule has 0 atom stereocenters. The number of rotatable bonds is 10. The third-order valence-corrected chi connectivity index (χ3v) is 6.76. The predicted octanol–water partition coefficient (Wildman–Crippen LogP) is 3.57. The van der Waals surface area contributed by atoms with Crippen LogP contribution >= 0.6 is 11.8 Å². The zero-order valence-electron chi connectivity index (χ0n) is 20.1. The fourth-order valence-electron chi connectivity index (χ4n) is 3.74. The summed E-state index contributed by atoms with van der Waals surface area (Å²) in [6.07, 6.45) is 2.47. The van der Waals surface area contributed by atoms with Crippen molar-refractivity contribution in [2.75, 3.05) is 31.9 Å². The molecule has 9 nitrogen and oxygen atoms in total. The summed E-state index contributed by atoms with van der Waals surface area (Å²) in [6, 6.07) is 13.0. The van der Waals surface area contributed by atoms with Crippen LogP contribution in [-0.2, 0) is 17.9 Å². The molecule has 1 aliphatic rings. The van der Waals surface area contributed by atoms with E-state index in [-0.39, 0.29) is 17.6 Å². The van der Waals surface area contributed by atoms with Crippen molar-refractivity contribution in [2.45, 2.75) is 38.6 Å². The molecule has 1 aromatic carbocycles. The van der Waals surface area contributed by atoms with Crippen LogP contribution in [0.4, 0.5) is 0 Å². The molecule has 10 heteroatoms. The molecule has 1 fully saturated rings. The number of thioether (sulfide) groups is 1. The van der Waals surface area contributed by atoms with Gasteiger partial charge in [-0.1, -0.05) is 43.8 Å². The maximum atomic E-state index is 12.9. The Morgan fingerprint density at radius 3 is 2.46 bits per heavy atom. The van der Waals surface area contributed by atoms with E-state index in [9.17, 15) is 9.59 Å². The molecule has 1 aliphatic heterocycles. The molecule has 3 heterocycles. The highest BCUT2D eigenvalue weighted by Gasteiger charge is 2.26. The minimum atomic E-state index is -0.139. The number of ether oxygens (including phenoxy) is 1. The topological polar surface area (TPSA) is 93.7 Å². The van der Waals surface area contributed by atoms with E-state index in [1.807, 2.05) is 30.3 Å². The lowest BCUT2D eigenvalue weighted by molar-refractivity contribution is -0.129. The molecular formula is C25H31N5O4S. The summed E-state index contributed by atoms with van der Waals surface area (Å²) in [4.78, 5) is 28.8. The highest BCUT2D eigenvalue weighted by atomic mass is 32.2. The minimum absolute atomic E-state index is 0.0283. The predicted molar refractivity (Wildman–Crippen MR) is 132 cm³/mol. The first-order valence-electron chi connectivity index (χ1n) is 11.8. The molecule has 0 N–H and O–H groups in total. The summed E-state index contributed by atoms with van der Waals surface area (Å²) in [5.74, 6) is 2.54. The Kier molecular flexibility index (Phi) is 8.46. The van der Waals surface area contributed by atoms with Crippen LogP contribution in [0.25, 0.3) is 0 Å². The number of carbonyl (C=O) groups is 2. The SMILES string of the molecule is CC(C)CCn1c(COc2ccccc2)nnc1SCC(=O)N1CCN(C(=O)c2ccco2)CC1. The van der Waals surface area contributed by atoms with Crippen LogP contribution in [0.2, 0.25) is 0 Å². The molecular weight excluding hydrogens is 466 g/mol. The smallest absolute Gasteiger partial charge is 0.289 e. The summed E-state index contributed by atoms with van der Waals surface area (Å²) < 4.78 is 13.1. The van der Waals surface area contributed by atoms with Crippen LogP contribution in [0.1, 0.15) is 36.6 Å². The Morgan fingerprint density at radius 1 is 1.03 bits per heavy atom. The monoisotopic (exact) mass is 497 g/mol. The number of furan rings is 1. The van der Waals surface area contributed by atoms with Gasteiger partial charge in [-0.25, -0.2) is 0 Å². The second-order valence-electron chi connectivity index (χ2n) is 8.77. The summed E-state index contributed by atoms with van der Waals surface area (Å²) in [6.45, 7) is 7.42. The van der Waals surface area contributed by atoms with Gasteiger partial charge in [-0.3, -0.25) is 9.59 Å². The Hall–Kier alpha value is -3.27. The first-order chi connectivity index (χ1) is 17.0. The second-order valence-corrected chi connectivity index (χ2v) is 9.72. The zero-order chi connectivity index (χ0) is 24.6. The first-order valence-corrected chi connectivity index (χ1v) is 12.8. The van der Waals surface area contributed by atoms with Crippen molar-refractivity contribution in [1.82, 2.24) is 24.6 Å². The highest BCUT2D eigenvalue weighted by Crippen LogP contribution is 2.21. The van der Waals surface area contributed by atoms with Gasteiger partial charge in [-0.15, -0.1) is 10.2 Å². The van der Waals surface area contributed by atoms with E-state index in [2.05, 4.69) is 28.6 Å². The third-order valence-electron chi connectivity index (χ3n) is 5.81. The van der Waals surface area contributed by atoms with Crippen LogP contribution in [0.15, 0.2) is 58.3 Å². The van der Waals surface area contributed by atoms with Gasteiger partial charge in [0.25, 0.3) is 5.91 Å². The Morgan fingerprint density at radius 2 is 1.77 bits per heavy atom. The van der Waals surface area contributed by atoms with Gasteiger partial charge >= 0.3 is 0 Å². The van der Waals surface area contributed by atoms with Crippen LogP contribution in [0.3, 0.4) is 0 Å². The number of para-hydroxylation sites is 1. The molecule has 35 heavy (non-hydrogen) atoms. The number of carbonyl (C=O) groups excluding carboxylic acids is 2. The van der Waals surface area contributed by atoms with E-state index in [1.54, 1.807) is 21.9 Å². The number of nitrogens with zero attached hydrogens (tertiary/aromatic N) is 5. The molecule has 2 amide bonds. The van der Waals surface area contributed by atoms with E-state index in [0.29, 0.717) is 44.5 Å². The van der Waals surface area contributed by atoms with Gasteiger partial charge in [-0.05, 0) is 36.6 Å². The first kappa shape index (κ1) is 24.8. The van der Waals surface area contributed by atoms with E-state index >= 15 is 0 Å². The number of amides is 2. The lowest BCUT2D eigenvalue weighted by atomic mass is 10.1. The molecule has 1 saturated heterocycles. The van der Waals surface area contributed by atoms with E-state index < -0.39 is 0 Å². The summed E-state index contributed by atoms with van der Waals surface area (Å²) in [7, 11) is 0. The number of hydrogen-bond acceptors (Lipinski definition) is 7. The average Bonchev–Trinajstić information content (AvgIpc) is 3.55. The van der Waals surface area contributed by atoms with Gasteiger partial charge in [-0.2, -0.15) is 0 Å². The van der Waals surface area contributed by atoms with Gasteiger partial charge < -0.3 is 23.5 Å². The van der Waals surface area contributed by atoms with Gasteiger partial charge in [0.1, 0.15) is 12.4 Å². The summed E-state index contributed by atoms with van der Waals surface area (Å²) in [5, 5.41) is 9.41.